The second-order valence-corrected chi connectivity index (χ2v) is 10.7. The highest BCUT2D eigenvalue weighted by Crippen LogP contribution is 2.21. The van der Waals surface area contributed by atoms with Crippen LogP contribution in [0.5, 0.6) is 0 Å². The number of carboxylic acids is 1. The molecule has 0 saturated carbocycles. The molecule has 2 heterocycles. The van der Waals surface area contributed by atoms with Crippen molar-refractivity contribution in [2.75, 3.05) is 6.54 Å². The maximum absolute atomic E-state index is 13.8. The van der Waals surface area contributed by atoms with Crippen LogP contribution in [0.3, 0.4) is 0 Å². The quantitative estimate of drug-likeness (QED) is 0.0956. The molecular formula is C31H39N7O5. The third-order valence-electron chi connectivity index (χ3n) is 7.44. The fourth-order valence-electron chi connectivity index (χ4n) is 5.06. The minimum Gasteiger partial charge on any atom is -0.480 e. The Morgan fingerprint density at radius 2 is 1.21 bits per heavy atom. The number of nitrogens with two attached hydrogens (primary N) is 2. The van der Waals surface area contributed by atoms with E-state index < -0.39 is 47.9 Å². The predicted molar refractivity (Wildman–Crippen MR) is 164 cm³/mol. The number of carbonyl (C=O) groups is 4. The van der Waals surface area contributed by atoms with E-state index in [1.54, 1.807) is 12.4 Å². The fraction of sp³-hybridized carbons (Fsp3) is 0.355. The topological polar surface area (TPSA) is 208 Å². The number of carboxylic acid groups (broad SMARTS) is 1. The van der Waals surface area contributed by atoms with Crippen molar-refractivity contribution in [1.82, 2.24) is 25.9 Å². The van der Waals surface area contributed by atoms with Crippen molar-refractivity contribution in [2.45, 2.75) is 63.2 Å². The largest absolute Gasteiger partial charge is 0.480 e. The summed E-state index contributed by atoms with van der Waals surface area (Å²) in [5, 5.41) is 19.6. The number of H-pyrrole nitrogens is 2. The van der Waals surface area contributed by atoms with E-state index in [9.17, 15) is 24.3 Å². The highest BCUT2D eigenvalue weighted by atomic mass is 16.4. The molecular weight excluding hydrogens is 550 g/mol. The molecule has 10 N–H and O–H groups in total. The number of carbonyl (C=O) groups excluding carboxylic acids is 3. The minimum atomic E-state index is -1.18. The Balaban J connectivity index is 1.61. The standard InChI is InChI=1S/C31H39N7O5/c1-18(33)28(39)37-26(14-19-16-34-23-10-4-2-8-21(19)23)30(41)38-27(15-20-17-35-24-11-5-3-9-22(20)24)29(40)36-25(31(42)43)12-6-7-13-32/h2-5,8-11,16-18,25-27,34-35H,6-7,12-15,32-33H2,1H3,(H,36,40)(H,37,39)(H,38,41)(H,42,43). The van der Waals surface area contributed by atoms with E-state index in [2.05, 4.69) is 25.9 Å². The van der Waals surface area contributed by atoms with Gasteiger partial charge in [0.05, 0.1) is 6.04 Å². The average Bonchev–Trinajstić information content (AvgIpc) is 3.59. The number of aromatic amines is 2. The van der Waals surface area contributed by atoms with Gasteiger partial charge in [0.25, 0.3) is 0 Å². The summed E-state index contributed by atoms with van der Waals surface area (Å²) in [5.41, 5.74) is 14.6. The van der Waals surface area contributed by atoms with Crippen LogP contribution in [0.2, 0.25) is 0 Å². The van der Waals surface area contributed by atoms with Crippen LogP contribution in [0, 0.1) is 0 Å². The highest BCUT2D eigenvalue weighted by molar-refractivity contribution is 5.95. The molecule has 0 radical (unpaired) electrons. The van der Waals surface area contributed by atoms with Crippen molar-refractivity contribution < 1.29 is 24.3 Å². The van der Waals surface area contributed by atoms with Gasteiger partial charge in [-0.2, -0.15) is 0 Å². The number of hydrogen-bond acceptors (Lipinski definition) is 6. The van der Waals surface area contributed by atoms with E-state index in [0.717, 1.165) is 32.9 Å². The summed E-state index contributed by atoms with van der Waals surface area (Å²) in [6, 6.07) is 10.9. The van der Waals surface area contributed by atoms with Gasteiger partial charge in [-0.1, -0.05) is 36.4 Å². The third-order valence-corrected chi connectivity index (χ3v) is 7.44. The molecule has 4 unspecified atom stereocenters. The van der Waals surface area contributed by atoms with Crippen LogP contribution >= 0.6 is 0 Å². The molecule has 43 heavy (non-hydrogen) atoms. The summed E-state index contributed by atoms with van der Waals surface area (Å²) in [5.74, 6) is -2.95. The summed E-state index contributed by atoms with van der Waals surface area (Å²) >= 11 is 0. The Labute approximate surface area is 249 Å². The lowest BCUT2D eigenvalue weighted by molar-refractivity contribution is -0.142. The molecule has 0 spiro atoms. The van der Waals surface area contributed by atoms with Crippen LogP contribution in [-0.4, -0.2) is 69.5 Å². The van der Waals surface area contributed by atoms with Gasteiger partial charge in [-0.15, -0.1) is 0 Å². The lowest BCUT2D eigenvalue weighted by Gasteiger charge is -2.25. The predicted octanol–water partition coefficient (Wildman–Crippen LogP) is 1.45. The van der Waals surface area contributed by atoms with Crippen molar-refractivity contribution >= 4 is 45.5 Å². The summed E-state index contributed by atoms with van der Waals surface area (Å²) < 4.78 is 0. The number of para-hydroxylation sites is 2. The molecule has 0 bridgehead atoms. The van der Waals surface area contributed by atoms with Gasteiger partial charge in [-0.05, 0) is 56.0 Å². The molecule has 2 aromatic carbocycles. The first-order valence-electron chi connectivity index (χ1n) is 14.4. The van der Waals surface area contributed by atoms with E-state index in [1.165, 1.54) is 6.92 Å². The summed E-state index contributed by atoms with van der Waals surface area (Å²) in [6.45, 7) is 1.92. The van der Waals surface area contributed by atoms with Crippen molar-refractivity contribution in [1.29, 1.82) is 0 Å². The molecule has 4 aromatic rings. The summed E-state index contributed by atoms with van der Waals surface area (Å²) in [4.78, 5) is 58.3. The van der Waals surface area contributed by atoms with E-state index in [4.69, 9.17) is 11.5 Å². The number of benzene rings is 2. The average molecular weight is 590 g/mol. The zero-order valence-corrected chi connectivity index (χ0v) is 24.1. The number of aliphatic carboxylic acids is 1. The molecule has 0 aliphatic carbocycles. The van der Waals surface area contributed by atoms with Crippen LogP contribution in [0.15, 0.2) is 60.9 Å². The van der Waals surface area contributed by atoms with Crippen LogP contribution in [0.4, 0.5) is 0 Å². The molecule has 3 amide bonds. The van der Waals surface area contributed by atoms with E-state index in [0.29, 0.717) is 19.4 Å². The number of nitrogens with one attached hydrogen (secondary N) is 5. The molecule has 2 aromatic heterocycles. The normalized spacial score (nSPS) is 14.1. The van der Waals surface area contributed by atoms with Crippen LogP contribution < -0.4 is 27.4 Å². The van der Waals surface area contributed by atoms with E-state index in [-0.39, 0.29) is 19.3 Å². The number of fused-ring (bicyclic) bond motifs is 2. The first-order chi connectivity index (χ1) is 20.7. The lowest BCUT2D eigenvalue weighted by Crippen LogP contribution is -2.58. The molecule has 0 aliphatic heterocycles. The van der Waals surface area contributed by atoms with E-state index in [1.807, 2.05) is 48.5 Å². The molecule has 4 atom stereocenters. The Bertz CT molecular complexity index is 1580. The Kier molecular flexibility index (Phi) is 10.5. The molecule has 0 aliphatic rings. The van der Waals surface area contributed by atoms with Gasteiger partial charge in [0.1, 0.15) is 18.1 Å². The van der Waals surface area contributed by atoms with Crippen molar-refractivity contribution in [3.63, 3.8) is 0 Å². The summed E-state index contributed by atoms with van der Waals surface area (Å²) in [7, 11) is 0. The maximum atomic E-state index is 13.8. The van der Waals surface area contributed by atoms with Crippen molar-refractivity contribution in [3.8, 4) is 0 Å². The number of aromatic nitrogens is 2. The van der Waals surface area contributed by atoms with Gasteiger partial charge < -0.3 is 42.5 Å². The van der Waals surface area contributed by atoms with Gasteiger partial charge in [0.2, 0.25) is 17.7 Å². The van der Waals surface area contributed by atoms with E-state index >= 15 is 0 Å². The second-order valence-electron chi connectivity index (χ2n) is 10.7. The van der Waals surface area contributed by atoms with Gasteiger partial charge in [0, 0.05) is 47.0 Å². The zero-order chi connectivity index (χ0) is 30.9. The molecule has 12 nitrogen and oxygen atoms in total. The monoisotopic (exact) mass is 589 g/mol. The molecule has 0 saturated heterocycles. The van der Waals surface area contributed by atoms with Crippen molar-refractivity contribution in [2.24, 2.45) is 11.5 Å². The van der Waals surface area contributed by atoms with Crippen LogP contribution in [0.25, 0.3) is 21.8 Å². The zero-order valence-electron chi connectivity index (χ0n) is 24.1. The lowest BCUT2D eigenvalue weighted by atomic mass is 10.0. The van der Waals surface area contributed by atoms with Gasteiger partial charge in [-0.25, -0.2) is 4.79 Å². The smallest absolute Gasteiger partial charge is 0.326 e. The Morgan fingerprint density at radius 1 is 0.744 bits per heavy atom. The first-order valence-corrected chi connectivity index (χ1v) is 14.4. The SMILES string of the molecule is CC(N)C(=O)NC(Cc1c[nH]c2ccccc12)C(=O)NC(Cc1c[nH]c2ccccc12)C(=O)NC(CCCCN)C(=O)O. The third kappa shape index (κ3) is 7.99. The van der Waals surface area contributed by atoms with Crippen LogP contribution in [0.1, 0.15) is 37.3 Å². The number of unbranched alkanes of at least 4 members (excludes halogenated alkanes) is 1. The Hall–Kier alpha value is -4.68. The fourth-order valence-corrected chi connectivity index (χ4v) is 5.06. The molecule has 0 fully saturated rings. The van der Waals surface area contributed by atoms with Crippen LogP contribution in [-0.2, 0) is 32.0 Å². The molecule has 4 rings (SSSR count). The Morgan fingerprint density at radius 3 is 1.67 bits per heavy atom. The maximum Gasteiger partial charge on any atom is 0.326 e. The van der Waals surface area contributed by atoms with Gasteiger partial charge in [-0.3, -0.25) is 14.4 Å². The first kappa shape index (κ1) is 31.3. The number of hydrogen-bond donors (Lipinski definition) is 8. The van der Waals surface area contributed by atoms with Gasteiger partial charge >= 0.3 is 5.97 Å². The minimum absolute atomic E-state index is 0.0811. The molecule has 228 valence electrons. The second kappa shape index (κ2) is 14.5. The summed E-state index contributed by atoms with van der Waals surface area (Å²) in [6.07, 6.45) is 5.07. The van der Waals surface area contributed by atoms with Gasteiger partial charge in [0.15, 0.2) is 0 Å². The number of rotatable bonds is 15. The molecule has 12 heteroatoms. The van der Waals surface area contributed by atoms with Crippen molar-refractivity contribution in [3.05, 3.63) is 72.1 Å². The number of amides is 3. The highest BCUT2D eigenvalue weighted by Gasteiger charge is 2.31.